The van der Waals surface area contributed by atoms with Gasteiger partial charge in [0.1, 0.15) is 0 Å². The molecule has 0 spiro atoms. The maximum Gasteiger partial charge on any atom is 0.238 e. The Hall–Kier alpha value is -0.620. The van der Waals surface area contributed by atoms with Gasteiger partial charge in [-0.15, -0.1) is 0 Å². The largest absolute Gasteiger partial charge is 0.486 e. The molecular weight excluding hydrogens is 246 g/mol. The minimum atomic E-state index is -0.363. The minimum Gasteiger partial charge on any atom is -0.486 e. The number of rotatable bonds is 3. The van der Waals surface area contributed by atoms with Crippen molar-refractivity contribution in [2.45, 2.75) is 6.54 Å². The first-order chi connectivity index (χ1) is 5.63. The van der Waals surface area contributed by atoms with Crippen LogP contribution in [0, 0.1) is 10.1 Å². The summed E-state index contributed by atoms with van der Waals surface area (Å²) >= 11 is 4.51. The first-order valence-electron chi connectivity index (χ1n) is 3.07. The topological polar surface area (TPSA) is 52.4 Å². The summed E-state index contributed by atoms with van der Waals surface area (Å²) in [5.74, 6) is 0. The number of nitrogens with zero attached hydrogens (tertiary/aromatic N) is 1. The van der Waals surface area contributed by atoms with Gasteiger partial charge in [-0.3, -0.25) is 10.1 Å². The average molecular weight is 252 g/mol. The van der Waals surface area contributed by atoms with Gasteiger partial charge in [0.25, 0.3) is 0 Å². The van der Waals surface area contributed by atoms with E-state index in [1.165, 1.54) is 18.4 Å². The first-order valence-corrected chi connectivity index (χ1v) is 4.68. The number of thiophene rings is 1. The molecule has 0 amide bonds. The Bertz CT molecular complexity index is 299. The molecule has 0 saturated carbocycles. The van der Waals surface area contributed by atoms with Crippen LogP contribution in [0.1, 0.15) is 4.88 Å². The van der Waals surface area contributed by atoms with Crippen LogP contribution in [0.25, 0.3) is 0 Å². The minimum absolute atomic E-state index is 0.146. The number of halogens is 1. The molecule has 1 heterocycles. The van der Waals surface area contributed by atoms with E-state index in [9.17, 15) is 10.1 Å². The molecule has 12 heavy (non-hydrogen) atoms. The van der Waals surface area contributed by atoms with Crippen molar-refractivity contribution in [3.05, 3.63) is 25.5 Å². The summed E-state index contributed by atoms with van der Waals surface area (Å²) in [5, 5.41) is 10.8. The Morgan fingerprint density at radius 2 is 2.50 bits per heavy atom. The second kappa shape index (κ2) is 3.86. The highest BCUT2D eigenvalue weighted by molar-refractivity contribution is 9.10. The van der Waals surface area contributed by atoms with Crippen LogP contribution < -0.4 is 4.74 Å². The molecule has 0 atom stereocenters. The van der Waals surface area contributed by atoms with Crippen molar-refractivity contribution in [2.75, 3.05) is 7.11 Å². The molecule has 0 aliphatic rings. The third kappa shape index (κ3) is 2.18. The van der Waals surface area contributed by atoms with Crippen molar-refractivity contribution in [2.24, 2.45) is 0 Å². The van der Waals surface area contributed by atoms with E-state index < -0.39 is 0 Å². The summed E-state index contributed by atoms with van der Waals surface area (Å²) in [5.41, 5.74) is 0. The number of hydrogen-bond donors (Lipinski definition) is 0. The summed E-state index contributed by atoms with van der Waals surface area (Å²) in [4.78, 5) is 10.5. The van der Waals surface area contributed by atoms with Gasteiger partial charge in [0.2, 0.25) is 6.54 Å². The molecule has 0 unspecified atom stereocenters. The van der Waals surface area contributed by atoms with Gasteiger partial charge in [-0.05, 0) is 22.0 Å². The Morgan fingerprint density at radius 1 is 1.83 bits per heavy atom. The Morgan fingerprint density at radius 3 is 2.92 bits per heavy atom. The molecule has 0 bridgehead atoms. The number of hydrogen-bond acceptors (Lipinski definition) is 4. The lowest BCUT2D eigenvalue weighted by Gasteiger charge is -1.91. The average Bonchev–Trinajstić information content (AvgIpc) is 2.29. The lowest BCUT2D eigenvalue weighted by atomic mass is 10.5. The predicted octanol–water partition coefficient (Wildman–Crippen LogP) is 2.30. The van der Waals surface area contributed by atoms with Crippen molar-refractivity contribution in [3.8, 4) is 5.06 Å². The summed E-state index contributed by atoms with van der Waals surface area (Å²) in [6.45, 7) is -0.146. The molecule has 0 N–H and O–H groups in total. The van der Waals surface area contributed by atoms with Crippen LogP contribution in [-0.4, -0.2) is 12.0 Å². The summed E-state index contributed by atoms with van der Waals surface area (Å²) in [6, 6.07) is 1.70. The molecule has 0 aliphatic carbocycles. The van der Waals surface area contributed by atoms with Crippen molar-refractivity contribution in [3.63, 3.8) is 0 Å². The van der Waals surface area contributed by atoms with Gasteiger partial charge in [0, 0.05) is 4.92 Å². The van der Waals surface area contributed by atoms with Gasteiger partial charge in [-0.1, -0.05) is 11.3 Å². The van der Waals surface area contributed by atoms with Crippen LogP contribution in [0.3, 0.4) is 0 Å². The molecule has 1 rings (SSSR count). The molecule has 0 saturated heterocycles. The normalized spacial score (nSPS) is 9.83. The van der Waals surface area contributed by atoms with Crippen molar-refractivity contribution in [1.82, 2.24) is 0 Å². The van der Waals surface area contributed by atoms with E-state index in [-0.39, 0.29) is 11.5 Å². The van der Waals surface area contributed by atoms with Crippen LogP contribution in [0.5, 0.6) is 5.06 Å². The third-order valence-corrected chi connectivity index (χ3v) is 3.11. The fourth-order valence-electron chi connectivity index (χ4n) is 0.742. The number of ether oxygens (including phenoxy) is 1. The summed E-state index contributed by atoms with van der Waals surface area (Å²) in [6.07, 6.45) is 0. The maximum absolute atomic E-state index is 10.1. The van der Waals surface area contributed by atoms with Crippen molar-refractivity contribution < 1.29 is 9.66 Å². The van der Waals surface area contributed by atoms with Crippen LogP contribution in [-0.2, 0) is 6.54 Å². The molecule has 1 aromatic heterocycles. The van der Waals surface area contributed by atoms with Crippen LogP contribution in [0.2, 0.25) is 0 Å². The zero-order valence-electron chi connectivity index (χ0n) is 6.24. The second-order valence-electron chi connectivity index (χ2n) is 2.04. The molecule has 4 nitrogen and oxygen atoms in total. The van der Waals surface area contributed by atoms with Gasteiger partial charge in [0.15, 0.2) is 5.06 Å². The SMILES string of the molecule is COc1sc(C[N+](=O)[O-])cc1Br. The van der Waals surface area contributed by atoms with Crippen LogP contribution in [0.15, 0.2) is 10.5 Å². The summed E-state index contributed by atoms with van der Waals surface area (Å²) in [7, 11) is 1.53. The van der Waals surface area contributed by atoms with Crippen LogP contribution >= 0.6 is 27.3 Å². The molecule has 0 aromatic carbocycles. The highest BCUT2D eigenvalue weighted by Gasteiger charge is 2.10. The molecule has 6 heteroatoms. The first kappa shape index (κ1) is 9.47. The van der Waals surface area contributed by atoms with Gasteiger partial charge in [-0.25, -0.2) is 0 Å². The Kier molecular flexibility index (Phi) is 3.05. The molecule has 0 aliphatic heterocycles. The zero-order chi connectivity index (χ0) is 9.14. The van der Waals surface area contributed by atoms with E-state index in [1.807, 2.05) is 0 Å². The summed E-state index contributed by atoms with van der Waals surface area (Å²) < 4.78 is 5.73. The molecule has 1 aromatic rings. The Balaban J connectivity index is 2.82. The quantitative estimate of drug-likeness (QED) is 0.612. The van der Waals surface area contributed by atoms with Crippen LogP contribution in [0.4, 0.5) is 0 Å². The van der Waals surface area contributed by atoms with Gasteiger partial charge in [0.05, 0.1) is 16.5 Å². The molecule has 0 radical (unpaired) electrons. The van der Waals surface area contributed by atoms with E-state index in [0.29, 0.717) is 9.94 Å². The standard InChI is InChI=1S/C6H6BrNO3S/c1-11-6-5(7)2-4(12-6)3-8(9)10/h2H,3H2,1H3. The van der Waals surface area contributed by atoms with Gasteiger partial charge >= 0.3 is 0 Å². The van der Waals surface area contributed by atoms with E-state index in [1.54, 1.807) is 6.07 Å². The number of nitro groups is 1. The molecule has 66 valence electrons. The fraction of sp³-hybridized carbons (Fsp3) is 0.333. The predicted molar refractivity (Wildman–Crippen MR) is 49.3 cm³/mol. The fourth-order valence-corrected chi connectivity index (χ4v) is 2.40. The monoisotopic (exact) mass is 251 g/mol. The highest BCUT2D eigenvalue weighted by Crippen LogP contribution is 2.34. The maximum atomic E-state index is 10.1. The van der Waals surface area contributed by atoms with E-state index >= 15 is 0 Å². The van der Waals surface area contributed by atoms with E-state index in [0.717, 1.165) is 4.47 Å². The smallest absolute Gasteiger partial charge is 0.238 e. The van der Waals surface area contributed by atoms with E-state index in [4.69, 9.17) is 4.74 Å². The molecular formula is C6H6BrNO3S. The lowest BCUT2D eigenvalue weighted by Crippen LogP contribution is -1.94. The Labute approximate surface area is 81.4 Å². The molecule has 0 fully saturated rings. The zero-order valence-corrected chi connectivity index (χ0v) is 8.65. The van der Waals surface area contributed by atoms with Crippen molar-refractivity contribution >= 4 is 27.3 Å². The van der Waals surface area contributed by atoms with E-state index in [2.05, 4.69) is 15.9 Å². The third-order valence-electron chi connectivity index (χ3n) is 1.18. The van der Waals surface area contributed by atoms with Gasteiger partial charge in [-0.2, -0.15) is 0 Å². The lowest BCUT2D eigenvalue weighted by molar-refractivity contribution is -0.496. The van der Waals surface area contributed by atoms with Crippen molar-refractivity contribution in [1.29, 1.82) is 0 Å². The number of methoxy groups -OCH3 is 1. The second-order valence-corrected chi connectivity index (χ2v) is 4.00. The van der Waals surface area contributed by atoms with Gasteiger partial charge < -0.3 is 4.74 Å². The highest BCUT2D eigenvalue weighted by atomic mass is 79.9.